The molecule has 0 aliphatic carbocycles. The molecular weight excluding hydrogens is 450 g/mol. The molecule has 3 aromatic rings. The second-order valence-corrected chi connectivity index (χ2v) is 9.45. The maximum absolute atomic E-state index is 12.9. The summed E-state index contributed by atoms with van der Waals surface area (Å²) in [4.78, 5) is 28.6. The van der Waals surface area contributed by atoms with E-state index in [9.17, 15) is 9.59 Å². The highest BCUT2D eigenvalue weighted by molar-refractivity contribution is 7.16. The predicted molar refractivity (Wildman–Crippen MR) is 132 cm³/mol. The summed E-state index contributed by atoms with van der Waals surface area (Å²) < 4.78 is 10.5. The van der Waals surface area contributed by atoms with Crippen molar-refractivity contribution in [3.63, 3.8) is 0 Å². The van der Waals surface area contributed by atoms with E-state index in [2.05, 4.69) is 22.6 Å². The average molecular weight is 476 g/mol. The molecule has 1 atom stereocenters. The number of anilines is 1. The molecule has 0 bridgehead atoms. The van der Waals surface area contributed by atoms with Gasteiger partial charge in [-0.15, -0.1) is 11.3 Å². The summed E-state index contributed by atoms with van der Waals surface area (Å²) in [6, 6.07) is 14.5. The Bertz CT molecular complexity index is 1250. The van der Waals surface area contributed by atoms with Gasteiger partial charge in [0.1, 0.15) is 22.7 Å². The van der Waals surface area contributed by atoms with Crippen molar-refractivity contribution in [1.82, 2.24) is 10.2 Å². The Morgan fingerprint density at radius 1 is 1.09 bits per heavy atom. The molecule has 0 unspecified atom stereocenters. The number of nitrogens with one attached hydrogen (secondary N) is 2. The van der Waals surface area contributed by atoms with Gasteiger partial charge in [-0.25, -0.2) is 4.79 Å². The number of carbonyl (C=O) groups is 2. The summed E-state index contributed by atoms with van der Waals surface area (Å²) in [7, 11) is 3.71. The standard InChI is InChI=1S/C26H25N3O4S/c1-29-14-13-20-21(15-29)34-26-23(20)25(31)27-24(28-26)17-6-10-19(11-7-17)33-22(30)12-5-16-3-8-18(32-2)9-4-16/h3-12,24,28H,13-15H2,1-2H3,(H,27,31)/b12-5+/t24-/m0/s1. The molecule has 1 amide bonds. The lowest BCUT2D eigenvalue weighted by Gasteiger charge is -2.27. The SMILES string of the molecule is COc1ccc(/C=C/C(=O)Oc2ccc([C@H]3NC(=O)c4c(sc5c4CCN(C)C5)N3)cc2)cc1. The Hall–Kier alpha value is -3.62. The zero-order valence-electron chi connectivity index (χ0n) is 19.0. The fourth-order valence-electron chi connectivity index (χ4n) is 4.17. The van der Waals surface area contributed by atoms with Gasteiger partial charge >= 0.3 is 5.97 Å². The van der Waals surface area contributed by atoms with E-state index < -0.39 is 5.97 Å². The molecular formula is C26H25N3O4S. The zero-order chi connectivity index (χ0) is 23.7. The van der Waals surface area contributed by atoms with E-state index in [4.69, 9.17) is 9.47 Å². The summed E-state index contributed by atoms with van der Waals surface area (Å²) >= 11 is 1.66. The third-order valence-electron chi connectivity index (χ3n) is 5.99. The minimum atomic E-state index is -0.466. The van der Waals surface area contributed by atoms with Crippen LogP contribution in [0.1, 0.15) is 38.1 Å². The number of hydrogen-bond acceptors (Lipinski definition) is 7. The number of benzene rings is 2. The Balaban J connectivity index is 1.23. The smallest absolute Gasteiger partial charge is 0.336 e. The number of esters is 1. The minimum absolute atomic E-state index is 0.0417. The maximum Gasteiger partial charge on any atom is 0.336 e. The van der Waals surface area contributed by atoms with Crippen LogP contribution >= 0.6 is 11.3 Å². The van der Waals surface area contributed by atoms with Crippen LogP contribution in [-0.4, -0.2) is 37.5 Å². The van der Waals surface area contributed by atoms with Crippen molar-refractivity contribution >= 4 is 34.3 Å². The van der Waals surface area contributed by atoms with E-state index in [1.54, 1.807) is 36.7 Å². The Morgan fingerprint density at radius 2 is 1.82 bits per heavy atom. The number of ether oxygens (including phenoxy) is 2. The van der Waals surface area contributed by atoms with Gasteiger partial charge in [0.15, 0.2) is 0 Å². The quantitative estimate of drug-likeness (QED) is 0.327. The van der Waals surface area contributed by atoms with Crippen molar-refractivity contribution in [2.75, 3.05) is 26.0 Å². The molecule has 0 saturated heterocycles. The first kappa shape index (κ1) is 22.2. The first-order valence-corrected chi connectivity index (χ1v) is 11.9. The summed E-state index contributed by atoms with van der Waals surface area (Å²) in [5, 5.41) is 7.45. The van der Waals surface area contributed by atoms with Crippen molar-refractivity contribution in [3.05, 3.63) is 81.7 Å². The number of nitrogens with zero attached hydrogens (tertiary/aromatic N) is 1. The molecule has 0 radical (unpaired) electrons. The van der Waals surface area contributed by atoms with Crippen LogP contribution in [0.3, 0.4) is 0 Å². The summed E-state index contributed by atoms with van der Waals surface area (Å²) in [5.74, 6) is 0.683. The molecule has 3 heterocycles. The van der Waals surface area contributed by atoms with Gasteiger partial charge in [0, 0.05) is 24.0 Å². The molecule has 2 aromatic carbocycles. The minimum Gasteiger partial charge on any atom is -0.497 e. The Labute approximate surface area is 202 Å². The topological polar surface area (TPSA) is 79.9 Å². The lowest BCUT2D eigenvalue weighted by Crippen LogP contribution is -2.38. The van der Waals surface area contributed by atoms with Crippen molar-refractivity contribution in [2.45, 2.75) is 19.1 Å². The van der Waals surface area contributed by atoms with Crippen LogP contribution in [0.5, 0.6) is 11.5 Å². The third-order valence-corrected chi connectivity index (χ3v) is 7.13. The van der Waals surface area contributed by atoms with Gasteiger partial charge in [0.05, 0.1) is 12.7 Å². The summed E-state index contributed by atoms with van der Waals surface area (Å²) in [6.45, 7) is 1.84. The highest BCUT2D eigenvalue weighted by atomic mass is 32.1. The van der Waals surface area contributed by atoms with Gasteiger partial charge in [-0.2, -0.15) is 0 Å². The second kappa shape index (κ2) is 9.32. The molecule has 5 rings (SSSR count). The number of thiophene rings is 1. The van der Waals surface area contributed by atoms with Crippen LogP contribution in [0.25, 0.3) is 6.08 Å². The van der Waals surface area contributed by atoms with E-state index in [0.717, 1.165) is 47.0 Å². The highest BCUT2D eigenvalue weighted by Crippen LogP contribution is 2.40. The van der Waals surface area contributed by atoms with Crippen LogP contribution in [0.2, 0.25) is 0 Å². The zero-order valence-corrected chi connectivity index (χ0v) is 19.8. The number of hydrogen-bond donors (Lipinski definition) is 2. The van der Waals surface area contributed by atoms with E-state index in [-0.39, 0.29) is 12.1 Å². The number of likely N-dealkylation sites (N-methyl/N-ethyl adjacent to an activating group) is 1. The van der Waals surface area contributed by atoms with Gasteiger partial charge in [-0.05, 0) is 60.5 Å². The van der Waals surface area contributed by atoms with Crippen molar-refractivity contribution in [2.24, 2.45) is 0 Å². The fraction of sp³-hybridized carbons (Fsp3) is 0.231. The normalized spacial score (nSPS) is 17.5. The molecule has 0 saturated carbocycles. The molecule has 1 aromatic heterocycles. The molecule has 0 spiro atoms. The lowest BCUT2D eigenvalue weighted by atomic mass is 10.0. The monoisotopic (exact) mass is 475 g/mol. The molecule has 8 heteroatoms. The van der Waals surface area contributed by atoms with Crippen LogP contribution in [-0.2, 0) is 17.8 Å². The van der Waals surface area contributed by atoms with Crippen LogP contribution in [0.15, 0.2) is 54.6 Å². The first-order chi connectivity index (χ1) is 16.5. The molecule has 174 valence electrons. The van der Waals surface area contributed by atoms with E-state index in [0.29, 0.717) is 5.75 Å². The van der Waals surface area contributed by atoms with Gasteiger partial charge in [0.2, 0.25) is 0 Å². The molecule has 2 aliphatic heterocycles. The number of amides is 1. The van der Waals surface area contributed by atoms with E-state index in [1.807, 2.05) is 36.4 Å². The summed E-state index contributed by atoms with van der Waals surface area (Å²) in [5.41, 5.74) is 3.72. The summed E-state index contributed by atoms with van der Waals surface area (Å²) in [6.07, 6.45) is 3.63. The number of fused-ring (bicyclic) bond motifs is 3. The number of rotatable bonds is 5. The molecule has 2 N–H and O–H groups in total. The lowest BCUT2D eigenvalue weighted by molar-refractivity contribution is -0.128. The predicted octanol–water partition coefficient (Wildman–Crippen LogP) is 4.22. The third kappa shape index (κ3) is 4.55. The fourth-order valence-corrected chi connectivity index (χ4v) is 5.52. The highest BCUT2D eigenvalue weighted by Gasteiger charge is 2.32. The van der Waals surface area contributed by atoms with E-state index in [1.165, 1.54) is 16.5 Å². The molecule has 7 nitrogen and oxygen atoms in total. The number of carbonyl (C=O) groups excluding carboxylic acids is 2. The van der Waals surface area contributed by atoms with Gasteiger partial charge < -0.3 is 25.0 Å². The largest absolute Gasteiger partial charge is 0.497 e. The van der Waals surface area contributed by atoms with Gasteiger partial charge in [0.25, 0.3) is 5.91 Å². The van der Waals surface area contributed by atoms with E-state index >= 15 is 0 Å². The molecule has 2 aliphatic rings. The van der Waals surface area contributed by atoms with Crippen LogP contribution in [0.4, 0.5) is 5.00 Å². The number of methoxy groups -OCH3 is 1. The Morgan fingerprint density at radius 3 is 2.56 bits per heavy atom. The average Bonchev–Trinajstić information content (AvgIpc) is 3.21. The van der Waals surface area contributed by atoms with Crippen molar-refractivity contribution in [3.8, 4) is 11.5 Å². The Kier molecular flexibility index (Phi) is 6.08. The van der Waals surface area contributed by atoms with Gasteiger partial charge in [-0.1, -0.05) is 24.3 Å². The van der Waals surface area contributed by atoms with Crippen LogP contribution < -0.4 is 20.1 Å². The maximum atomic E-state index is 12.9. The molecule has 0 fully saturated rings. The van der Waals surface area contributed by atoms with Crippen molar-refractivity contribution < 1.29 is 19.1 Å². The second-order valence-electron chi connectivity index (χ2n) is 8.34. The molecule has 34 heavy (non-hydrogen) atoms. The van der Waals surface area contributed by atoms with Crippen molar-refractivity contribution in [1.29, 1.82) is 0 Å². The van der Waals surface area contributed by atoms with Crippen LogP contribution in [0, 0.1) is 0 Å². The van der Waals surface area contributed by atoms with Gasteiger partial charge in [-0.3, -0.25) is 4.79 Å². The first-order valence-electron chi connectivity index (χ1n) is 11.0.